The number of hydrogen-bond donors (Lipinski definition) is 3. The number of fused-ring (bicyclic) bond motifs is 3. The van der Waals surface area contributed by atoms with E-state index in [1.807, 2.05) is 0 Å². The van der Waals surface area contributed by atoms with Crippen molar-refractivity contribution in [2.45, 2.75) is 24.9 Å². The zero-order valence-electron chi connectivity index (χ0n) is 16.2. The number of thiophene rings is 1. The van der Waals surface area contributed by atoms with Gasteiger partial charge in [0.15, 0.2) is 0 Å². The minimum Gasteiger partial charge on any atom is -0.398 e. The predicted molar refractivity (Wildman–Crippen MR) is 118 cm³/mol. The molecule has 1 unspecified atom stereocenters. The van der Waals surface area contributed by atoms with E-state index < -0.39 is 0 Å². The van der Waals surface area contributed by atoms with E-state index in [0.717, 1.165) is 29.5 Å². The first kappa shape index (κ1) is 20.0. The predicted octanol–water partition coefficient (Wildman–Crippen LogP) is 4.19. The highest BCUT2D eigenvalue weighted by Gasteiger charge is 2.37. The average Bonchev–Trinajstić information content (AvgIpc) is 3.08. The maximum Gasteiger partial charge on any atom is 0.142 e. The summed E-state index contributed by atoms with van der Waals surface area (Å²) in [5, 5.41) is 12.3. The van der Waals surface area contributed by atoms with Gasteiger partial charge in [0.2, 0.25) is 0 Å². The lowest BCUT2D eigenvalue weighted by atomic mass is 9.84. The number of ether oxygens (including phenoxy) is 2. The average molecular weight is 432 g/mol. The highest BCUT2D eigenvalue weighted by molar-refractivity contribution is 7.19. The maximum absolute atomic E-state index is 7.53. The number of nitrogens with zero attached hydrogens (tertiary/aromatic N) is 2. The molecule has 0 saturated carbocycles. The molecule has 3 aromatic rings. The molecule has 0 amide bonds. The zero-order chi connectivity index (χ0) is 20.6. The van der Waals surface area contributed by atoms with Crippen LogP contribution in [0, 0.1) is 5.41 Å². The molecule has 1 aliphatic rings. The quantitative estimate of drug-likeness (QED) is 0.399. The van der Waals surface area contributed by atoms with Crippen molar-refractivity contribution in [3.05, 3.63) is 39.5 Å². The van der Waals surface area contributed by atoms with Crippen LogP contribution in [-0.4, -0.2) is 42.6 Å². The summed E-state index contributed by atoms with van der Waals surface area (Å²) in [5.74, 6) is 0.701. The Labute approximate surface area is 177 Å². The third-order valence-corrected chi connectivity index (χ3v) is 6.86. The van der Waals surface area contributed by atoms with E-state index in [4.69, 9.17) is 32.2 Å². The summed E-state index contributed by atoms with van der Waals surface area (Å²) in [4.78, 5) is 11.1. The summed E-state index contributed by atoms with van der Waals surface area (Å²) in [6.45, 7) is 0.557. The highest BCUT2D eigenvalue weighted by Crippen LogP contribution is 2.43. The first-order chi connectivity index (χ1) is 14.0. The molecule has 9 heteroatoms. The summed E-state index contributed by atoms with van der Waals surface area (Å²) < 4.78 is 11.2. The van der Waals surface area contributed by atoms with Gasteiger partial charge in [-0.15, -0.1) is 11.3 Å². The highest BCUT2D eigenvalue weighted by atomic mass is 35.5. The largest absolute Gasteiger partial charge is 0.398 e. The number of anilines is 3. The third kappa shape index (κ3) is 3.57. The van der Waals surface area contributed by atoms with Gasteiger partial charge in [0.05, 0.1) is 28.3 Å². The molecule has 29 heavy (non-hydrogen) atoms. The standard InChI is InChI=1S/C20H22ClN5O2S/c1-27-9-20(28-2)4-3-12-16(7-20)29-19-17(12)18(24-10-25-19)26-15-5-11(8-22)14(23)6-13(15)21/h5-6,8,10,22H,3-4,7,9,23H2,1-2H3,(H,24,25,26). The molecule has 0 aliphatic heterocycles. The molecule has 0 bridgehead atoms. The molecule has 0 spiro atoms. The number of rotatable bonds is 6. The summed E-state index contributed by atoms with van der Waals surface area (Å²) in [6.07, 6.45) is 5.27. The monoisotopic (exact) mass is 431 g/mol. The molecular weight excluding hydrogens is 410 g/mol. The van der Waals surface area contributed by atoms with Crippen LogP contribution >= 0.6 is 22.9 Å². The maximum atomic E-state index is 7.53. The zero-order valence-corrected chi connectivity index (χ0v) is 17.8. The van der Waals surface area contributed by atoms with Gasteiger partial charge in [-0.3, -0.25) is 0 Å². The number of aryl methyl sites for hydroxylation is 1. The second-order valence-electron chi connectivity index (χ2n) is 7.13. The van der Waals surface area contributed by atoms with Gasteiger partial charge in [0, 0.05) is 43.0 Å². The van der Waals surface area contributed by atoms with Gasteiger partial charge in [-0.25, -0.2) is 9.97 Å². The Bertz CT molecular complexity index is 1090. The molecule has 4 N–H and O–H groups in total. The Morgan fingerprint density at radius 2 is 2.21 bits per heavy atom. The number of nitrogens with two attached hydrogens (primary N) is 1. The van der Waals surface area contributed by atoms with Crippen molar-refractivity contribution in [3.8, 4) is 0 Å². The van der Waals surface area contributed by atoms with Crippen molar-refractivity contribution in [3.63, 3.8) is 0 Å². The topological polar surface area (TPSA) is 106 Å². The van der Waals surface area contributed by atoms with Crippen LogP contribution in [0.25, 0.3) is 10.2 Å². The lowest BCUT2D eigenvalue weighted by molar-refractivity contribution is -0.0714. The lowest BCUT2D eigenvalue weighted by Gasteiger charge is -2.35. The van der Waals surface area contributed by atoms with E-state index in [1.165, 1.54) is 16.7 Å². The Balaban J connectivity index is 1.76. The van der Waals surface area contributed by atoms with Crippen LogP contribution in [0.3, 0.4) is 0 Å². The van der Waals surface area contributed by atoms with Crippen molar-refractivity contribution in [1.29, 1.82) is 5.41 Å². The van der Waals surface area contributed by atoms with Gasteiger partial charge in [0.1, 0.15) is 17.0 Å². The lowest BCUT2D eigenvalue weighted by Crippen LogP contribution is -2.41. The molecule has 1 aliphatic carbocycles. The smallest absolute Gasteiger partial charge is 0.142 e. The van der Waals surface area contributed by atoms with Gasteiger partial charge in [-0.1, -0.05) is 11.6 Å². The van der Waals surface area contributed by atoms with Crippen molar-refractivity contribution in [2.24, 2.45) is 0 Å². The number of methoxy groups -OCH3 is 2. The molecule has 0 saturated heterocycles. The molecule has 0 radical (unpaired) electrons. The van der Waals surface area contributed by atoms with E-state index in [-0.39, 0.29) is 5.60 Å². The molecule has 7 nitrogen and oxygen atoms in total. The first-order valence-electron chi connectivity index (χ1n) is 9.16. The second-order valence-corrected chi connectivity index (χ2v) is 8.62. The normalized spacial score (nSPS) is 18.6. The van der Waals surface area contributed by atoms with E-state index >= 15 is 0 Å². The van der Waals surface area contributed by atoms with E-state index in [2.05, 4.69) is 15.3 Å². The summed E-state index contributed by atoms with van der Waals surface area (Å²) >= 11 is 8.05. The van der Waals surface area contributed by atoms with Gasteiger partial charge in [-0.2, -0.15) is 0 Å². The molecular formula is C20H22ClN5O2S. The van der Waals surface area contributed by atoms with Crippen LogP contribution in [0.2, 0.25) is 5.02 Å². The number of benzene rings is 1. The van der Waals surface area contributed by atoms with E-state index in [0.29, 0.717) is 34.4 Å². The van der Waals surface area contributed by atoms with Crippen molar-refractivity contribution in [2.75, 3.05) is 31.9 Å². The number of halogens is 1. The molecule has 1 atom stereocenters. The molecule has 0 fully saturated rings. The molecule has 1 aromatic carbocycles. The minimum absolute atomic E-state index is 0.303. The van der Waals surface area contributed by atoms with Gasteiger partial charge in [0.25, 0.3) is 0 Å². The number of aromatic nitrogens is 2. The molecule has 2 aromatic heterocycles. The van der Waals surface area contributed by atoms with Gasteiger partial charge < -0.3 is 25.9 Å². The van der Waals surface area contributed by atoms with Crippen molar-refractivity contribution < 1.29 is 9.47 Å². The SMILES string of the molecule is COCC1(OC)CCc2c(sc3ncnc(Nc4cc(C=N)c(N)cc4Cl)c23)C1. The van der Waals surface area contributed by atoms with Crippen LogP contribution in [0.15, 0.2) is 18.5 Å². The number of nitrogen functional groups attached to an aromatic ring is 1. The Morgan fingerprint density at radius 3 is 2.93 bits per heavy atom. The van der Waals surface area contributed by atoms with Crippen LogP contribution in [0.5, 0.6) is 0 Å². The Hall–Kier alpha value is -2.26. The fraction of sp³-hybridized carbons (Fsp3) is 0.350. The summed E-state index contributed by atoms with van der Waals surface area (Å²) in [5.41, 5.74) is 8.57. The van der Waals surface area contributed by atoms with E-state index in [9.17, 15) is 0 Å². The van der Waals surface area contributed by atoms with E-state index in [1.54, 1.807) is 44.0 Å². The van der Waals surface area contributed by atoms with Crippen LogP contribution < -0.4 is 11.1 Å². The number of hydrogen-bond acceptors (Lipinski definition) is 8. The third-order valence-electron chi connectivity index (χ3n) is 5.41. The van der Waals surface area contributed by atoms with Crippen molar-refractivity contribution >= 4 is 56.6 Å². The molecule has 152 valence electrons. The van der Waals surface area contributed by atoms with Crippen LogP contribution in [-0.2, 0) is 22.3 Å². The van der Waals surface area contributed by atoms with Crippen molar-refractivity contribution in [1.82, 2.24) is 9.97 Å². The second kappa shape index (κ2) is 7.87. The van der Waals surface area contributed by atoms with Gasteiger partial charge >= 0.3 is 0 Å². The van der Waals surface area contributed by atoms with Crippen LogP contribution in [0.4, 0.5) is 17.2 Å². The fourth-order valence-electron chi connectivity index (χ4n) is 3.85. The summed E-state index contributed by atoms with van der Waals surface area (Å²) in [7, 11) is 3.45. The number of nitrogens with one attached hydrogen (secondary N) is 2. The Morgan fingerprint density at radius 1 is 1.38 bits per heavy atom. The minimum atomic E-state index is -0.303. The summed E-state index contributed by atoms with van der Waals surface area (Å²) in [6, 6.07) is 3.40. The Kier molecular flexibility index (Phi) is 5.44. The van der Waals surface area contributed by atoms with Crippen LogP contribution in [0.1, 0.15) is 22.4 Å². The first-order valence-corrected chi connectivity index (χ1v) is 10.4. The fourth-order valence-corrected chi connectivity index (χ4v) is 5.38. The van der Waals surface area contributed by atoms with Gasteiger partial charge in [-0.05, 0) is 30.5 Å². The molecule has 4 rings (SSSR count). The molecule has 2 heterocycles.